The summed E-state index contributed by atoms with van der Waals surface area (Å²) in [5.41, 5.74) is 0. The number of carboxylic acid groups (broad SMARTS) is 2. The fourth-order valence-electron chi connectivity index (χ4n) is 1.16. The van der Waals surface area contributed by atoms with E-state index in [9.17, 15) is 14.4 Å². The van der Waals surface area contributed by atoms with Crippen LogP contribution in [0, 0.1) is 5.92 Å². The van der Waals surface area contributed by atoms with E-state index in [-0.39, 0.29) is 12.8 Å². The Morgan fingerprint density at radius 2 is 1.71 bits per heavy atom. The Labute approximate surface area is 98.4 Å². The Kier molecular flexibility index (Phi) is 6.19. The molecule has 0 aromatic carbocycles. The molecule has 98 valence electrons. The predicted molar refractivity (Wildman–Crippen MR) is 57.3 cm³/mol. The molecule has 0 aliphatic heterocycles. The molecule has 3 atom stereocenters. The van der Waals surface area contributed by atoms with Crippen LogP contribution in [0.4, 0.5) is 0 Å². The van der Waals surface area contributed by atoms with Crippen LogP contribution in [0.1, 0.15) is 26.7 Å². The molecule has 7 nitrogen and oxygen atoms in total. The fourth-order valence-corrected chi connectivity index (χ4v) is 1.16. The maximum Gasteiger partial charge on any atom is 0.328 e. The maximum absolute atomic E-state index is 11.5. The third kappa shape index (κ3) is 5.86. The number of carbonyl (C=O) groups is 3. The SMILES string of the molecule is CC(CCC(=O)O)C(=O)N[C@H](C(=O)O)C(C)O. The lowest BCUT2D eigenvalue weighted by Crippen LogP contribution is -2.49. The minimum Gasteiger partial charge on any atom is -0.481 e. The topological polar surface area (TPSA) is 124 Å². The summed E-state index contributed by atoms with van der Waals surface area (Å²) >= 11 is 0. The van der Waals surface area contributed by atoms with Crippen molar-refractivity contribution in [1.29, 1.82) is 0 Å². The first-order valence-electron chi connectivity index (χ1n) is 5.18. The van der Waals surface area contributed by atoms with Crippen molar-refractivity contribution in [3.05, 3.63) is 0 Å². The van der Waals surface area contributed by atoms with Gasteiger partial charge in [-0.2, -0.15) is 0 Å². The summed E-state index contributed by atoms with van der Waals surface area (Å²) in [5, 5.41) is 28.5. The predicted octanol–water partition coefficient (Wildman–Crippen LogP) is -0.562. The monoisotopic (exact) mass is 247 g/mol. The van der Waals surface area contributed by atoms with Gasteiger partial charge in [0.25, 0.3) is 0 Å². The van der Waals surface area contributed by atoms with Crippen LogP contribution in [0.2, 0.25) is 0 Å². The number of amides is 1. The normalized spacial score (nSPS) is 15.7. The first kappa shape index (κ1) is 15.4. The number of aliphatic carboxylic acids is 2. The second-order valence-electron chi connectivity index (χ2n) is 3.90. The zero-order valence-corrected chi connectivity index (χ0v) is 9.71. The minimum absolute atomic E-state index is 0.118. The second kappa shape index (κ2) is 6.85. The van der Waals surface area contributed by atoms with Crippen LogP contribution in [0.3, 0.4) is 0 Å². The highest BCUT2D eigenvalue weighted by molar-refractivity contribution is 5.85. The van der Waals surface area contributed by atoms with Crippen molar-refractivity contribution >= 4 is 17.8 Å². The highest BCUT2D eigenvalue weighted by Gasteiger charge is 2.26. The number of carboxylic acids is 2. The van der Waals surface area contributed by atoms with Gasteiger partial charge < -0.3 is 20.6 Å². The molecule has 0 fully saturated rings. The molecule has 0 spiro atoms. The van der Waals surface area contributed by atoms with Gasteiger partial charge in [-0.1, -0.05) is 6.92 Å². The molecule has 0 aliphatic rings. The van der Waals surface area contributed by atoms with Crippen LogP contribution in [0.5, 0.6) is 0 Å². The molecule has 0 saturated carbocycles. The molecule has 1 amide bonds. The zero-order chi connectivity index (χ0) is 13.6. The Morgan fingerprint density at radius 3 is 2.06 bits per heavy atom. The van der Waals surface area contributed by atoms with Crippen LogP contribution < -0.4 is 5.32 Å². The number of carbonyl (C=O) groups excluding carboxylic acids is 1. The molecule has 0 radical (unpaired) electrons. The Balaban J connectivity index is 4.31. The maximum atomic E-state index is 11.5. The van der Waals surface area contributed by atoms with Crippen LogP contribution in [-0.2, 0) is 14.4 Å². The summed E-state index contributed by atoms with van der Waals surface area (Å²) in [7, 11) is 0. The number of aliphatic hydroxyl groups excluding tert-OH is 1. The lowest BCUT2D eigenvalue weighted by molar-refractivity contribution is -0.145. The van der Waals surface area contributed by atoms with E-state index in [0.29, 0.717) is 0 Å². The van der Waals surface area contributed by atoms with E-state index in [1.807, 2.05) is 0 Å². The average Bonchev–Trinajstić information content (AvgIpc) is 2.20. The summed E-state index contributed by atoms with van der Waals surface area (Å²) in [6.07, 6.45) is -1.27. The number of rotatable bonds is 7. The second-order valence-corrected chi connectivity index (χ2v) is 3.90. The van der Waals surface area contributed by atoms with Crippen molar-refractivity contribution in [2.24, 2.45) is 5.92 Å². The lowest BCUT2D eigenvalue weighted by atomic mass is 10.0. The molecule has 2 unspecified atom stereocenters. The van der Waals surface area contributed by atoms with Crippen molar-refractivity contribution in [3.63, 3.8) is 0 Å². The van der Waals surface area contributed by atoms with Gasteiger partial charge >= 0.3 is 11.9 Å². The average molecular weight is 247 g/mol. The molecule has 7 heteroatoms. The van der Waals surface area contributed by atoms with Gasteiger partial charge in [0.05, 0.1) is 6.10 Å². The van der Waals surface area contributed by atoms with Crippen molar-refractivity contribution in [2.45, 2.75) is 38.8 Å². The van der Waals surface area contributed by atoms with Gasteiger partial charge in [-0.3, -0.25) is 9.59 Å². The quantitative estimate of drug-likeness (QED) is 0.478. The summed E-state index contributed by atoms with van der Waals surface area (Å²) < 4.78 is 0. The first-order valence-corrected chi connectivity index (χ1v) is 5.18. The minimum atomic E-state index is -1.38. The molecule has 0 aromatic heterocycles. The van der Waals surface area contributed by atoms with E-state index < -0.39 is 35.9 Å². The van der Waals surface area contributed by atoms with E-state index in [0.717, 1.165) is 0 Å². The molecule has 0 heterocycles. The van der Waals surface area contributed by atoms with E-state index in [1.165, 1.54) is 13.8 Å². The summed E-state index contributed by atoms with van der Waals surface area (Å²) in [6, 6.07) is -1.38. The smallest absolute Gasteiger partial charge is 0.328 e. The van der Waals surface area contributed by atoms with Crippen molar-refractivity contribution < 1.29 is 29.7 Å². The largest absolute Gasteiger partial charge is 0.481 e. The zero-order valence-electron chi connectivity index (χ0n) is 9.71. The van der Waals surface area contributed by atoms with Crippen LogP contribution >= 0.6 is 0 Å². The Hall–Kier alpha value is -1.63. The van der Waals surface area contributed by atoms with Crippen molar-refractivity contribution in [3.8, 4) is 0 Å². The van der Waals surface area contributed by atoms with E-state index in [4.69, 9.17) is 15.3 Å². The van der Waals surface area contributed by atoms with Gasteiger partial charge in [-0.05, 0) is 13.3 Å². The third-order valence-electron chi connectivity index (χ3n) is 2.29. The molecule has 0 saturated heterocycles. The molecular weight excluding hydrogens is 230 g/mol. The lowest BCUT2D eigenvalue weighted by Gasteiger charge is -2.19. The van der Waals surface area contributed by atoms with Gasteiger partial charge in [0.2, 0.25) is 5.91 Å². The number of hydrogen-bond donors (Lipinski definition) is 4. The molecule has 17 heavy (non-hydrogen) atoms. The molecule has 0 rings (SSSR count). The molecule has 4 N–H and O–H groups in total. The van der Waals surface area contributed by atoms with Gasteiger partial charge in [0.15, 0.2) is 6.04 Å². The molecule has 0 aliphatic carbocycles. The standard InChI is InChI=1S/C10H17NO6/c1-5(3-4-7(13)14)9(15)11-8(6(2)12)10(16)17/h5-6,8,12H,3-4H2,1-2H3,(H,11,15)(H,13,14)(H,16,17)/t5?,6?,8-/m0/s1. The fraction of sp³-hybridized carbons (Fsp3) is 0.700. The number of hydrogen-bond acceptors (Lipinski definition) is 4. The van der Waals surface area contributed by atoms with Gasteiger partial charge in [0.1, 0.15) is 0 Å². The van der Waals surface area contributed by atoms with Gasteiger partial charge in [-0.15, -0.1) is 0 Å². The summed E-state index contributed by atoms with van der Waals surface area (Å²) in [4.78, 5) is 32.5. The van der Waals surface area contributed by atoms with Crippen LogP contribution in [0.25, 0.3) is 0 Å². The third-order valence-corrected chi connectivity index (χ3v) is 2.29. The molecule has 0 aromatic rings. The van der Waals surface area contributed by atoms with Gasteiger partial charge in [-0.25, -0.2) is 4.79 Å². The summed E-state index contributed by atoms with van der Waals surface area (Å²) in [5.74, 6) is -3.56. The van der Waals surface area contributed by atoms with Crippen molar-refractivity contribution in [2.75, 3.05) is 0 Å². The first-order chi connectivity index (χ1) is 7.75. The van der Waals surface area contributed by atoms with E-state index in [1.54, 1.807) is 0 Å². The number of nitrogens with one attached hydrogen (secondary N) is 1. The van der Waals surface area contributed by atoms with Crippen molar-refractivity contribution in [1.82, 2.24) is 5.32 Å². The highest BCUT2D eigenvalue weighted by atomic mass is 16.4. The molecule has 0 bridgehead atoms. The van der Waals surface area contributed by atoms with E-state index in [2.05, 4.69) is 5.32 Å². The van der Waals surface area contributed by atoms with Crippen LogP contribution in [-0.4, -0.2) is 45.3 Å². The highest BCUT2D eigenvalue weighted by Crippen LogP contribution is 2.06. The van der Waals surface area contributed by atoms with E-state index >= 15 is 0 Å². The Bertz CT molecular complexity index is 301. The summed E-state index contributed by atoms with van der Waals surface area (Å²) in [6.45, 7) is 2.75. The van der Waals surface area contributed by atoms with Gasteiger partial charge in [0, 0.05) is 12.3 Å². The number of aliphatic hydroxyl groups is 1. The molecular formula is C10H17NO6. The Morgan fingerprint density at radius 1 is 1.18 bits per heavy atom. The van der Waals surface area contributed by atoms with Crippen LogP contribution in [0.15, 0.2) is 0 Å².